The molecule has 0 aliphatic heterocycles. The predicted molar refractivity (Wildman–Crippen MR) is 80.5 cm³/mol. The monoisotopic (exact) mass is 311 g/mol. The number of hydrogen-bond donors (Lipinski definition) is 1. The standard InChI is InChI=1S/C16H17N5O2/c17-9-13-6-5-12(10-19-13)15(22)18-8-7-14-20-16(23-21-14)11-3-1-2-4-11/h5-6,10-11H,1-4,7-8H2,(H,18,22). The number of nitrogens with zero attached hydrogens (tertiary/aromatic N) is 4. The van der Waals surface area contributed by atoms with Gasteiger partial charge >= 0.3 is 0 Å². The third kappa shape index (κ3) is 3.72. The van der Waals surface area contributed by atoms with Crippen LogP contribution in [0.15, 0.2) is 22.9 Å². The van der Waals surface area contributed by atoms with Gasteiger partial charge in [0.2, 0.25) is 5.89 Å². The average Bonchev–Trinajstić information content (AvgIpc) is 3.26. The molecule has 1 aliphatic carbocycles. The van der Waals surface area contributed by atoms with Crippen LogP contribution < -0.4 is 5.32 Å². The van der Waals surface area contributed by atoms with Gasteiger partial charge in [-0.05, 0) is 25.0 Å². The molecule has 0 unspecified atom stereocenters. The maximum atomic E-state index is 12.0. The van der Waals surface area contributed by atoms with Crippen LogP contribution >= 0.6 is 0 Å². The van der Waals surface area contributed by atoms with E-state index in [1.807, 2.05) is 6.07 Å². The summed E-state index contributed by atoms with van der Waals surface area (Å²) in [5.41, 5.74) is 0.705. The molecule has 3 rings (SSSR count). The summed E-state index contributed by atoms with van der Waals surface area (Å²) < 4.78 is 5.30. The Morgan fingerprint density at radius 1 is 1.39 bits per heavy atom. The van der Waals surface area contributed by atoms with Gasteiger partial charge in [-0.25, -0.2) is 4.98 Å². The van der Waals surface area contributed by atoms with Crippen molar-refractivity contribution in [3.05, 3.63) is 41.3 Å². The van der Waals surface area contributed by atoms with Crippen LogP contribution in [0.25, 0.3) is 0 Å². The number of pyridine rings is 1. The van der Waals surface area contributed by atoms with Crippen molar-refractivity contribution in [2.75, 3.05) is 6.54 Å². The highest BCUT2D eigenvalue weighted by molar-refractivity contribution is 5.93. The lowest BCUT2D eigenvalue weighted by atomic mass is 10.1. The van der Waals surface area contributed by atoms with Crippen LogP contribution in [0.4, 0.5) is 0 Å². The quantitative estimate of drug-likeness (QED) is 0.905. The zero-order chi connectivity index (χ0) is 16.1. The van der Waals surface area contributed by atoms with E-state index < -0.39 is 0 Å². The second kappa shape index (κ2) is 7.01. The molecular formula is C16H17N5O2. The first kappa shape index (κ1) is 15.2. The largest absolute Gasteiger partial charge is 0.352 e. The zero-order valence-corrected chi connectivity index (χ0v) is 12.7. The number of hydrogen-bond acceptors (Lipinski definition) is 6. The Morgan fingerprint density at radius 2 is 2.22 bits per heavy atom. The molecule has 7 heteroatoms. The first-order valence-electron chi connectivity index (χ1n) is 7.73. The molecule has 118 valence electrons. The van der Waals surface area contributed by atoms with E-state index in [0.717, 1.165) is 18.7 Å². The van der Waals surface area contributed by atoms with Crippen LogP contribution in [0, 0.1) is 11.3 Å². The molecule has 2 aromatic rings. The van der Waals surface area contributed by atoms with Gasteiger partial charge in [0, 0.05) is 25.1 Å². The van der Waals surface area contributed by atoms with Crippen molar-refractivity contribution < 1.29 is 9.32 Å². The first-order valence-corrected chi connectivity index (χ1v) is 7.73. The van der Waals surface area contributed by atoms with Crippen molar-refractivity contribution in [2.45, 2.75) is 38.0 Å². The Bertz CT molecular complexity index is 711. The van der Waals surface area contributed by atoms with Gasteiger partial charge in [-0.2, -0.15) is 10.2 Å². The van der Waals surface area contributed by atoms with Gasteiger partial charge in [-0.1, -0.05) is 18.0 Å². The molecule has 1 fully saturated rings. The van der Waals surface area contributed by atoms with Crippen molar-refractivity contribution in [1.82, 2.24) is 20.4 Å². The molecule has 0 bridgehead atoms. The summed E-state index contributed by atoms with van der Waals surface area (Å²) in [6, 6.07) is 5.01. The maximum Gasteiger partial charge on any atom is 0.252 e. The van der Waals surface area contributed by atoms with Crippen LogP contribution in [0.5, 0.6) is 0 Å². The van der Waals surface area contributed by atoms with Crippen LogP contribution in [-0.4, -0.2) is 27.6 Å². The van der Waals surface area contributed by atoms with E-state index in [4.69, 9.17) is 9.78 Å². The summed E-state index contributed by atoms with van der Waals surface area (Å²) in [7, 11) is 0. The third-order valence-corrected chi connectivity index (χ3v) is 3.96. The Morgan fingerprint density at radius 3 is 2.91 bits per heavy atom. The fraction of sp³-hybridized carbons (Fsp3) is 0.438. The van der Waals surface area contributed by atoms with Gasteiger partial charge in [0.25, 0.3) is 5.91 Å². The Hall–Kier alpha value is -2.75. The second-order valence-electron chi connectivity index (χ2n) is 5.58. The van der Waals surface area contributed by atoms with Crippen molar-refractivity contribution in [3.63, 3.8) is 0 Å². The molecule has 0 atom stereocenters. The van der Waals surface area contributed by atoms with Crippen molar-refractivity contribution >= 4 is 5.91 Å². The molecule has 0 aromatic carbocycles. The molecule has 1 saturated carbocycles. The van der Waals surface area contributed by atoms with Gasteiger partial charge in [-0.15, -0.1) is 0 Å². The molecule has 1 amide bonds. The topological polar surface area (TPSA) is 105 Å². The number of nitrogens with one attached hydrogen (secondary N) is 1. The minimum atomic E-state index is -0.235. The predicted octanol–water partition coefficient (Wildman–Crippen LogP) is 1.97. The zero-order valence-electron chi connectivity index (χ0n) is 12.7. The fourth-order valence-corrected chi connectivity index (χ4v) is 2.69. The smallest absolute Gasteiger partial charge is 0.252 e. The van der Waals surface area contributed by atoms with Gasteiger partial charge in [0.05, 0.1) is 5.56 Å². The van der Waals surface area contributed by atoms with E-state index in [9.17, 15) is 4.79 Å². The van der Waals surface area contributed by atoms with E-state index >= 15 is 0 Å². The maximum absolute atomic E-state index is 12.0. The van der Waals surface area contributed by atoms with Crippen LogP contribution in [-0.2, 0) is 6.42 Å². The van der Waals surface area contributed by atoms with E-state index in [1.165, 1.54) is 25.1 Å². The van der Waals surface area contributed by atoms with Crippen LogP contribution in [0.2, 0.25) is 0 Å². The molecule has 7 nitrogen and oxygen atoms in total. The molecule has 1 aliphatic rings. The van der Waals surface area contributed by atoms with Crippen molar-refractivity contribution in [2.24, 2.45) is 0 Å². The molecule has 2 aromatic heterocycles. The van der Waals surface area contributed by atoms with E-state index in [-0.39, 0.29) is 11.6 Å². The number of nitriles is 1. The molecule has 0 radical (unpaired) electrons. The average molecular weight is 311 g/mol. The third-order valence-electron chi connectivity index (χ3n) is 3.96. The highest BCUT2D eigenvalue weighted by Gasteiger charge is 2.22. The first-order chi connectivity index (χ1) is 11.3. The van der Waals surface area contributed by atoms with E-state index in [1.54, 1.807) is 6.07 Å². The van der Waals surface area contributed by atoms with Gasteiger partial charge in [-0.3, -0.25) is 4.79 Å². The summed E-state index contributed by atoms with van der Waals surface area (Å²) in [5.74, 6) is 1.50. The lowest BCUT2D eigenvalue weighted by Crippen LogP contribution is -2.26. The van der Waals surface area contributed by atoms with Crippen molar-refractivity contribution in [3.8, 4) is 6.07 Å². The minimum Gasteiger partial charge on any atom is -0.352 e. The number of carbonyl (C=O) groups is 1. The Balaban J connectivity index is 1.48. The molecule has 0 spiro atoms. The lowest BCUT2D eigenvalue weighted by Gasteiger charge is -2.03. The summed E-state index contributed by atoms with van der Waals surface area (Å²) in [4.78, 5) is 20.2. The van der Waals surface area contributed by atoms with Crippen LogP contribution in [0.3, 0.4) is 0 Å². The number of aromatic nitrogens is 3. The Labute approximate surface area is 133 Å². The number of amides is 1. The Kier molecular flexibility index (Phi) is 4.62. The normalized spacial score (nSPS) is 14.6. The highest BCUT2D eigenvalue weighted by Crippen LogP contribution is 2.32. The molecular weight excluding hydrogens is 294 g/mol. The summed E-state index contributed by atoms with van der Waals surface area (Å²) in [6.07, 6.45) is 6.58. The molecule has 2 heterocycles. The summed E-state index contributed by atoms with van der Waals surface area (Å²) in [5, 5.41) is 15.4. The van der Waals surface area contributed by atoms with Gasteiger partial charge < -0.3 is 9.84 Å². The van der Waals surface area contributed by atoms with Crippen LogP contribution in [0.1, 0.15) is 59.4 Å². The number of carbonyl (C=O) groups excluding carboxylic acids is 1. The van der Waals surface area contributed by atoms with Gasteiger partial charge in [0.15, 0.2) is 5.82 Å². The molecule has 1 N–H and O–H groups in total. The molecule has 23 heavy (non-hydrogen) atoms. The lowest BCUT2D eigenvalue weighted by molar-refractivity contribution is 0.0953. The second-order valence-corrected chi connectivity index (χ2v) is 5.58. The van der Waals surface area contributed by atoms with E-state index in [2.05, 4.69) is 20.4 Å². The fourth-order valence-electron chi connectivity index (χ4n) is 2.69. The van der Waals surface area contributed by atoms with Gasteiger partial charge in [0.1, 0.15) is 11.8 Å². The minimum absolute atomic E-state index is 0.235. The van der Waals surface area contributed by atoms with E-state index in [0.29, 0.717) is 30.3 Å². The highest BCUT2D eigenvalue weighted by atomic mass is 16.5. The molecule has 0 saturated heterocycles. The summed E-state index contributed by atoms with van der Waals surface area (Å²) >= 11 is 0. The summed E-state index contributed by atoms with van der Waals surface area (Å²) in [6.45, 7) is 0.419. The number of rotatable bonds is 5. The SMILES string of the molecule is N#Cc1ccc(C(=O)NCCc2noc(C3CCCC3)n2)cn1. The van der Waals surface area contributed by atoms with Crippen molar-refractivity contribution in [1.29, 1.82) is 5.26 Å².